The summed E-state index contributed by atoms with van der Waals surface area (Å²) in [6.45, 7) is 6.05. The molecule has 2 N–H and O–H groups in total. The molecule has 0 spiro atoms. The second-order valence-corrected chi connectivity index (χ2v) is 6.58. The van der Waals surface area contributed by atoms with Crippen LogP contribution in [-0.2, 0) is 4.74 Å². The van der Waals surface area contributed by atoms with Gasteiger partial charge in [-0.25, -0.2) is 0 Å². The summed E-state index contributed by atoms with van der Waals surface area (Å²) in [7, 11) is 0. The number of aliphatic imine (C=N–C) groups is 1. The second-order valence-electron chi connectivity index (χ2n) is 6.58. The molecule has 0 bridgehead atoms. The Morgan fingerprint density at radius 2 is 2.17 bits per heavy atom. The molecule has 0 aromatic heterocycles. The van der Waals surface area contributed by atoms with Gasteiger partial charge in [0.05, 0.1) is 18.7 Å². The number of guanidine groups is 1. The lowest BCUT2D eigenvalue weighted by atomic mass is 10.0. The van der Waals surface area contributed by atoms with Crippen molar-refractivity contribution in [3.63, 3.8) is 0 Å². The molecule has 2 rings (SSSR count). The Balaban J connectivity index is 0.00000288. The van der Waals surface area contributed by atoms with Gasteiger partial charge >= 0.3 is 6.18 Å². The molecule has 142 valence electrons. The molecule has 2 fully saturated rings. The van der Waals surface area contributed by atoms with E-state index in [9.17, 15) is 13.2 Å². The van der Waals surface area contributed by atoms with Gasteiger partial charge in [0, 0.05) is 32.3 Å². The fourth-order valence-corrected chi connectivity index (χ4v) is 3.07. The number of hydrogen-bond acceptors (Lipinski definition) is 3. The van der Waals surface area contributed by atoms with Gasteiger partial charge in [-0.3, -0.25) is 9.89 Å². The third-order valence-electron chi connectivity index (χ3n) is 4.23. The number of nitrogens with one attached hydrogen (secondary N) is 2. The van der Waals surface area contributed by atoms with Crippen LogP contribution in [0.2, 0.25) is 0 Å². The molecule has 2 unspecified atom stereocenters. The standard InChI is InChI=1S/C15H27F3N4O.HI/c1-3-19-13(20-10-14(2)6-4-8-23-14)21-12-5-7-22(9-12)11-15(16,17)18;/h12H,3-11H2,1-2H3,(H2,19,20,21);1H. The number of rotatable bonds is 5. The number of nitrogens with zero attached hydrogens (tertiary/aromatic N) is 2. The van der Waals surface area contributed by atoms with E-state index in [1.807, 2.05) is 13.8 Å². The minimum atomic E-state index is -4.14. The molecule has 2 atom stereocenters. The highest BCUT2D eigenvalue weighted by Gasteiger charge is 2.34. The van der Waals surface area contributed by atoms with Crippen LogP contribution in [0, 0.1) is 0 Å². The minimum Gasteiger partial charge on any atom is -0.373 e. The van der Waals surface area contributed by atoms with Crippen molar-refractivity contribution >= 4 is 29.9 Å². The summed E-state index contributed by atoms with van der Waals surface area (Å²) in [5.74, 6) is 0.656. The maximum Gasteiger partial charge on any atom is 0.401 e. The van der Waals surface area contributed by atoms with Crippen molar-refractivity contribution in [1.29, 1.82) is 0 Å². The molecule has 2 aliphatic rings. The first-order valence-corrected chi connectivity index (χ1v) is 8.27. The lowest BCUT2D eigenvalue weighted by molar-refractivity contribution is -0.143. The lowest BCUT2D eigenvalue weighted by Gasteiger charge is -2.23. The van der Waals surface area contributed by atoms with Gasteiger partial charge in [-0.05, 0) is 33.1 Å². The van der Waals surface area contributed by atoms with E-state index in [4.69, 9.17) is 4.74 Å². The van der Waals surface area contributed by atoms with Crippen molar-refractivity contribution in [3.8, 4) is 0 Å². The van der Waals surface area contributed by atoms with Crippen LogP contribution < -0.4 is 10.6 Å². The first-order valence-electron chi connectivity index (χ1n) is 8.27. The normalized spacial score (nSPS) is 28.7. The van der Waals surface area contributed by atoms with Gasteiger partial charge in [-0.1, -0.05) is 0 Å². The van der Waals surface area contributed by atoms with Gasteiger partial charge in [0.25, 0.3) is 0 Å². The topological polar surface area (TPSA) is 48.9 Å². The van der Waals surface area contributed by atoms with Crippen molar-refractivity contribution in [1.82, 2.24) is 15.5 Å². The average Bonchev–Trinajstić information content (AvgIpc) is 3.05. The highest BCUT2D eigenvalue weighted by Crippen LogP contribution is 2.25. The van der Waals surface area contributed by atoms with Gasteiger partial charge in [0.15, 0.2) is 5.96 Å². The predicted octanol–water partition coefficient (Wildman–Crippen LogP) is 2.37. The summed E-state index contributed by atoms with van der Waals surface area (Å²) >= 11 is 0. The van der Waals surface area contributed by atoms with Crippen LogP contribution in [0.15, 0.2) is 4.99 Å². The van der Waals surface area contributed by atoms with E-state index < -0.39 is 12.7 Å². The van der Waals surface area contributed by atoms with Gasteiger partial charge in [-0.15, -0.1) is 24.0 Å². The van der Waals surface area contributed by atoms with Crippen molar-refractivity contribution < 1.29 is 17.9 Å². The summed E-state index contributed by atoms with van der Waals surface area (Å²) in [6, 6.07) is -0.00699. The Morgan fingerprint density at radius 3 is 2.75 bits per heavy atom. The third kappa shape index (κ3) is 7.30. The molecule has 0 aromatic carbocycles. The summed E-state index contributed by atoms with van der Waals surface area (Å²) in [5.41, 5.74) is -0.222. The van der Waals surface area contributed by atoms with Crippen molar-refractivity contribution in [2.45, 2.75) is 50.9 Å². The van der Waals surface area contributed by atoms with Crippen LogP contribution in [0.5, 0.6) is 0 Å². The molecule has 0 aromatic rings. The summed E-state index contributed by atoms with van der Waals surface area (Å²) in [5, 5.41) is 6.40. The first kappa shape index (κ1) is 21.8. The number of likely N-dealkylation sites (tertiary alicyclic amines) is 1. The summed E-state index contributed by atoms with van der Waals surface area (Å²) in [4.78, 5) is 5.99. The number of ether oxygens (including phenoxy) is 1. The SMILES string of the molecule is CCNC(=NCC1(C)CCCO1)NC1CCN(CC(F)(F)F)C1.I. The molecule has 2 saturated heterocycles. The third-order valence-corrected chi connectivity index (χ3v) is 4.23. The van der Waals surface area contributed by atoms with E-state index in [2.05, 4.69) is 15.6 Å². The fraction of sp³-hybridized carbons (Fsp3) is 0.933. The molecular formula is C15H28F3IN4O. The Morgan fingerprint density at radius 1 is 1.42 bits per heavy atom. The molecule has 5 nitrogen and oxygen atoms in total. The largest absolute Gasteiger partial charge is 0.401 e. The van der Waals surface area contributed by atoms with Crippen LogP contribution in [0.4, 0.5) is 13.2 Å². The molecule has 0 aliphatic carbocycles. The van der Waals surface area contributed by atoms with E-state index in [0.717, 1.165) is 19.4 Å². The molecule has 2 aliphatic heterocycles. The monoisotopic (exact) mass is 464 g/mol. The summed E-state index contributed by atoms with van der Waals surface area (Å²) < 4.78 is 43.0. The highest BCUT2D eigenvalue weighted by molar-refractivity contribution is 14.0. The molecule has 0 saturated carbocycles. The molecule has 0 radical (unpaired) electrons. The van der Waals surface area contributed by atoms with Gasteiger partial charge in [-0.2, -0.15) is 13.2 Å². The van der Waals surface area contributed by atoms with Gasteiger partial charge in [0.1, 0.15) is 0 Å². The van der Waals surface area contributed by atoms with Crippen LogP contribution in [0.1, 0.15) is 33.1 Å². The van der Waals surface area contributed by atoms with Crippen LogP contribution >= 0.6 is 24.0 Å². The quantitative estimate of drug-likeness (QED) is 0.373. The second kappa shape index (κ2) is 9.42. The number of alkyl halides is 3. The molecule has 9 heteroatoms. The van der Waals surface area contributed by atoms with Crippen LogP contribution in [0.3, 0.4) is 0 Å². The molecule has 2 heterocycles. The molecular weight excluding hydrogens is 436 g/mol. The lowest BCUT2D eigenvalue weighted by Crippen LogP contribution is -2.46. The smallest absolute Gasteiger partial charge is 0.373 e. The Bertz CT molecular complexity index is 414. The zero-order valence-corrected chi connectivity index (χ0v) is 16.6. The van der Waals surface area contributed by atoms with E-state index >= 15 is 0 Å². The molecule has 0 amide bonds. The fourth-order valence-electron chi connectivity index (χ4n) is 3.07. The maximum absolute atomic E-state index is 12.4. The average molecular weight is 464 g/mol. The number of halogens is 4. The predicted molar refractivity (Wildman–Crippen MR) is 99.0 cm³/mol. The Hall–Kier alpha value is -0.290. The van der Waals surface area contributed by atoms with Crippen LogP contribution in [-0.4, -0.2) is 68.0 Å². The van der Waals surface area contributed by atoms with E-state index in [1.54, 1.807) is 0 Å². The zero-order chi connectivity index (χ0) is 16.9. The zero-order valence-electron chi connectivity index (χ0n) is 14.3. The Kier molecular flexibility index (Phi) is 8.54. The van der Waals surface area contributed by atoms with E-state index in [1.165, 1.54) is 4.90 Å². The van der Waals surface area contributed by atoms with Gasteiger partial charge < -0.3 is 15.4 Å². The minimum absolute atomic E-state index is 0. The Labute approximate surface area is 158 Å². The van der Waals surface area contributed by atoms with Crippen LogP contribution in [0.25, 0.3) is 0 Å². The summed E-state index contributed by atoms with van der Waals surface area (Å²) in [6.07, 6.45) is -1.42. The van der Waals surface area contributed by atoms with E-state index in [0.29, 0.717) is 38.6 Å². The highest BCUT2D eigenvalue weighted by atomic mass is 127. The first-order chi connectivity index (χ1) is 10.8. The van der Waals surface area contributed by atoms with Crippen molar-refractivity contribution in [3.05, 3.63) is 0 Å². The van der Waals surface area contributed by atoms with E-state index in [-0.39, 0.29) is 35.6 Å². The van der Waals surface area contributed by atoms with Gasteiger partial charge in [0.2, 0.25) is 0 Å². The maximum atomic E-state index is 12.4. The number of hydrogen-bond donors (Lipinski definition) is 2. The van der Waals surface area contributed by atoms with Crippen molar-refractivity contribution in [2.75, 3.05) is 39.3 Å². The van der Waals surface area contributed by atoms with Crippen molar-refractivity contribution in [2.24, 2.45) is 4.99 Å². The molecule has 24 heavy (non-hydrogen) atoms.